The molecule has 0 aliphatic heterocycles. The average Bonchev–Trinajstić information content (AvgIpc) is 2.86. The van der Waals surface area contributed by atoms with Gasteiger partial charge in [0.2, 0.25) is 0 Å². The molecule has 1 aromatic heterocycles. The lowest BCUT2D eigenvalue weighted by atomic mass is 10.0. The van der Waals surface area contributed by atoms with Crippen LogP contribution in [-0.4, -0.2) is 9.55 Å². The summed E-state index contributed by atoms with van der Waals surface area (Å²) in [6.45, 7) is 4.27. The summed E-state index contributed by atoms with van der Waals surface area (Å²) in [4.78, 5) is 4.17. The molecule has 4 nitrogen and oxygen atoms in total. The van der Waals surface area contributed by atoms with Gasteiger partial charge in [0.05, 0.1) is 40.6 Å². The maximum atomic E-state index is 8.88. The van der Waals surface area contributed by atoms with Gasteiger partial charge in [0.1, 0.15) is 0 Å². The van der Waals surface area contributed by atoms with Crippen LogP contribution in [0.5, 0.6) is 0 Å². The zero-order valence-corrected chi connectivity index (χ0v) is 12.3. The largest absolute Gasteiger partial charge is 0.323 e. The highest BCUT2D eigenvalue weighted by atomic mass is 35.5. The van der Waals surface area contributed by atoms with Crippen molar-refractivity contribution < 1.29 is 0 Å². The van der Waals surface area contributed by atoms with Gasteiger partial charge in [-0.1, -0.05) is 25.4 Å². The fourth-order valence-electron chi connectivity index (χ4n) is 2.18. The zero-order chi connectivity index (χ0) is 14.7. The normalized spacial score (nSPS) is 12.4. The van der Waals surface area contributed by atoms with Crippen LogP contribution >= 0.6 is 11.6 Å². The third kappa shape index (κ3) is 3.01. The number of nitrogens with two attached hydrogens (primary N) is 1. The van der Waals surface area contributed by atoms with Crippen LogP contribution in [-0.2, 0) is 0 Å². The second-order valence-electron chi connectivity index (χ2n) is 5.20. The van der Waals surface area contributed by atoms with Crippen molar-refractivity contribution in [1.82, 2.24) is 9.55 Å². The van der Waals surface area contributed by atoms with Gasteiger partial charge in [-0.25, -0.2) is 4.98 Å². The van der Waals surface area contributed by atoms with Gasteiger partial charge in [-0.15, -0.1) is 0 Å². The van der Waals surface area contributed by atoms with Crippen molar-refractivity contribution in [3.05, 3.63) is 47.0 Å². The van der Waals surface area contributed by atoms with E-state index in [0.29, 0.717) is 16.5 Å². The Kier molecular flexibility index (Phi) is 4.43. The Morgan fingerprint density at radius 1 is 1.45 bits per heavy atom. The first kappa shape index (κ1) is 14.6. The third-order valence-electron chi connectivity index (χ3n) is 3.11. The van der Waals surface area contributed by atoms with Gasteiger partial charge in [0.15, 0.2) is 0 Å². The van der Waals surface area contributed by atoms with Crippen LogP contribution in [0.1, 0.15) is 37.6 Å². The van der Waals surface area contributed by atoms with Crippen molar-refractivity contribution in [3.8, 4) is 11.8 Å². The molecule has 0 radical (unpaired) electrons. The number of hydrogen-bond donors (Lipinski definition) is 1. The number of imidazole rings is 1. The van der Waals surface area contributed by atoms with Crippen LogP contribution < -0.4 is 5.73 Å². The molecule has 0 amide bonds. The second-order valence-corrected chi connectivity index (χ2v) is 5.61. The molecule has 1 atom stereocenters. The van der Waals surface area contributed by atoms with Gasteiger partial charge >= 0.3 is 0 Å². The highest BCUT2D eigenvalue weighted by molar-refractivity contribution is 6.32. The number of benzene rings is 1. The molecule has 1 aromatic carbocycles. The van der Waals surface area contributed by atoms with Crippen molar-refractivity contribution in [1.29, 1.82) is 5.26 Å². The van der Waals surface area contributed by atoms with Gasteiger partial charge in [-0.2, -0.15) is 5.26 Å². The summed E-state index contributed by atoms with van der Waals surface area (Å²) in [5.74, 6) is 0.504. The van der Waals surface area contributed by atoms with E-state index in [0.717, 1.165) is 17.8 Å². The van der Waals surface area contributed by atoms with Crippen LogP contribution in [0, 0.1) is 17.2 Å². The van der Waals surface area contributed by atoms with Gasteiger partial charge in [0, 0.05) is 6.04 Å². The van der Waals surface area contributed by atoms with E-state index in [-0.39, 0.29) is 6.04 Å². The van der Waals surface area contributed by atoms with Crippen molar-refractivity contribution in [2.45, 2.75) is 26.3 Å². The zero-order valence-electron chi connectivity index (χ0n) is 11.5. The van der Waals surface area contributed by atoms with Crippen molar-refractivity contribution >= 4 is 11.6 Å². The van der Waals surface area contributed by atoms with Crippen LogP contribution in [0.3, 0.4) is 0 Å². The molecule has 0 aliphatic carbocycles. The average molecular weight is 289 g/mol. The molecule has 20 heavy (non-hydrogen) atoms. The number of nitriles is 1. The molecule has 0 spiro atoms. The summed E-state index contributed by atoms with van der Waals surface area (Å²) in [5.41, 5.74) is 8.47. The molecule has 2 rings (SSSR count). The molecule has 0 saturated heterocycles. The Morgan fingerprint density at radius 3 is 2.80 bits per heavy atom. The smallest absolute Gasteiger partial charge is 0.0995 e. The van der Waals surface area contributed by atoms with Crippen molar-refractivity contribution in [2.24, 2.45) is 11.7 Å². The first-order valence-corrected chi connectivity index (χ1v) is 6.88. The maximum absolute atomic E-state index is 8.88. The molecule has 104 valence electrons. The number of rotatable bonds is 4. The first-order valence-electron chi connectivity index (χ1n) is 6.50. The lowest BCUT2D eigenvalue weighted by Gasteiger charge is -2.17. The van der Waals surface area contributed by atoms with Gasteiger partial charge < -0.3 is 10.3 Å². The molecule has 5 heteroatoms. The summed E-state index contributed by atoms with van der Waals surface area (Å²) in [5, 5.41) is 9.39. The highest BCUT2D eigenvalue weighted by Crippen LogP contribution is 2.26. The number of aromatic nitrogens is 2. The summed E-state index contributed by atoms with van der Waals surface area (Å²) in [6, 6.07) is 7.17. The summed E-state index contributed by atoms with van der Waals surface area (Å²) in [7, 11) is 0. The van der Waals surface area contributed by atoms with E-state index in [1.54, 1.807) is 24.7 Å². The molecule has 1 unspecified atom stereocenters. The van der Waals surface area contributed by atoms with Crippen molar-refractivity contribution in [2.75, 3.05) is 0 Å². The standard InChI is InChI=1S/C15H17ClN4/c1-10(2)5-13(18)15-8-19-9-20(15)14-4-3-11(7-17)6-12(14)16/h3-4,6,8-10,13H,5,18H2,1-2H3. The maximum Gasteiger partial charge on any atom is 0.0995 e. The number of nitrogens with zero attached hydrogens (tertiary/aromatic N) is 3. The minimum Gasteiger partial charge on any atom is -0.323 e. The predicted octanol–water partition coefficient (Wildman–Crippen LogP) is 3.44. The summed E-state index contributed by atoms with van der Waals surface area (Å²) in [6.07, 6.45) is 4.34. The lowest BCUT2D eigenvalue weighted by Crippen LogP contribution is -2.16. The van der Waals surface area contributed by atoms with E-state index in [1.165, 1.54) is 0 Å². The van der Waals surface area contributed by atoms with Crippen LogP contribution in [0.15, 0.2) is 30.7 Å². The van der Waals surface area contributed by atoms with E-state index in [9.17, 15) is 0 Å². The molecule has 2 aromatic rings. The summed E-state index contributed by atoms with van der Waals surface area (Å²) < 4.78 is 1.89. The first-order chi connectivity index (χ1) is 9.52. The number of halogens is 1. The Balaban J connectivity index is 2.40. The fraction of sp³-hybridized carbons (Fsp3) is 0.333. The fourth-order valence-corrected chi connectivity index (χ4v) is 2.45. The predicted molar refractivity (Wildman–Crippen MR) is 79.7 cm³/mol. The minimum atomic E-state index is -0.0933. The molecule has 0 fully saturated rings. The van der Waals surface area contributed by atoms with Crippen LogP contribution in [0.4, 0.5) is 0 Å². The summed E-state index contributed by atoms with van der Waals surface area (Å²) >= 11 is 6.24. The lowest BCUT2D eigenvalue weighted by molar-refractivity contribution is 0.498. The molecular formula is C15H17ClN4. The quantitative estimate of drug-likeness (QED) is 0.937. The van der Waals surface area contributed by atoms with E-state index in [4.69, 9.17) is 22.6 Å². The van der Waals surface area contributed by atoms with Crippen LogP contribution in [0.2, 0.25) is 5.02 Å². The van der Waals surface area contributed by atoms with E-state index < -0.39 is 0 Å². The second kappa shape index (κ2) is 6.08. The van der Waals surface area contributed by atoms with E-state index in [1.807, 2.05) is 10.6 Å². The Bertz CT molecular complexity index is 640. The third-order valence-corrected chi connectivity index (χ3v) is 3.41. The molecule has 2 N–H and O–H groups in total. The minimum absolute atomic E-state index is 0.0933. The number of hydrogen-bond acceptors (Lipinski definition) is 3. The molecular weight excluding hydrogens is 272 g/mol. The Morgan fingerprint density at radius 2 is 2.20 bits per heavy atom. The molecule has 0 aliphatic rings. The molecule has 0 saturated carbocycles. The monoisotopic (exact) mass is 288 g/mol. The SMILES string of the molecule is CC(C)CC(N)c1cncn1-c1ccc(C#N)cc1Cl. The van der Waals surface area contributed by atoms with Gasteiger partial charge in [-0.3, -0.25) is 0 Å². The van der Waals surface area contributed by atoms with Gasteiger partial charge in [0.25, 0.3) is 0 Å². The Hall–Kier alpha value is -1.83. The van der Waals surface area contributed by atoms with E-state index in [2.05, 4.69) is 24.9 Å². The Labute approximate surface area is 123 Å². The van der Waals surface area contributed by atoms with Gasteiger partial charge in [-0.05, 0) is 30.5 Å². The molecule has 1 heterocycles. The van der Waals surface area contributed by atoms with E-state index >= 15 is 0 Å². The van der Waals surface area contributed by atoms with Crippen molar-refractivity contribution in [3.63, 3.8) is 0 Å². The highest BCUT2D eigenvalue weighted by Gasteiger charge is 2.15. The molecule has 0 bridgehead atoms. The topological polar surface area (TPSA) is 67.6 Å². The van der Waals surface area contributed by atoms with Crippen LogP contribution in [0.25, 0.3) is 5.69 Å².